The summed E-state index contributed by atoms with van der Waals surface area (Å²) in [7, 11) is 1.93. The van der Waals surface area contributed by atoms with Crippen molar-refractivity contribution in [3.05, 3.63) is 36.2 Å². The molecule has 0 aliphatic carbocycles. The van der Waals surface area contributed by atoms with Gasteiger partial charge in [-0.1, -0.05) is 23.4 Å². The average molecular weight is 228 g/mol. The summed E-state index contributed by atoms with van der Waals surface area (Å²) in [6.07, 6.45) is 1.70. The van der Waals surface area contributed by atoms with Gasteiger partial charge in [-0.3, -0.25) is 4.68 Å². The fraction of sp³-hybridized carbons (Fsp3) is 0.182. The Labute approximate surface area is 97.6 Å². The van der Waals surface area contributed by atoms with Gasteiger partial charge in [0.2, 0.25) is 0 Å². The van der Waals surface area contributed by atoms with Gasteiger partial charge in [-0.2, -0.15) is 5.10 Å². The number of aryl methyl sites for hydroxylation is 1. The molecule has 0 aliphatic heterocycles. The molecule has 6 heteroatoms. The molecule has 0 atom stereocenters. The summed E-state index contributed by atoms with van der Waals surface area (Å²) in [6, 6.07) is 8.10. The largest absolute Gasteiger partial charge is 0.381 e. The number of nitrogens with zero attached hydrogens (tertiary/aromatic N) is 5. The minimum Gasteiger partial charge on any atom is -0.381 e. The average Bonchev–Trinajstić information content (AvgIpc) is 2.86. The standard InChI is InChI=1S/C11H12N6/c1-16-10-5-3-2-4-8(10)9(14-16)6-17-7-11(12)13-15-17/h2-5,7H,6,12H2,1H3. The summed E-state index contributed by atoms with van der Waals surface area (Å²) >= 11 is 0. The normalized spacial score (nSPS) is 11.1. The highest BCUT2D eigenvalue weighted by Crippen LogP contribution is 2.18. The number of anilines is 1. The van der Waals surface area contributed by atoms with Crippen LogP contribution >= 0.6 is 0 Å². The van der Waals surface area contributed by atoms with Crippen LogP contribution in [0.3, 0.4) is 0 Å². The summed E-state index contributed by atoms with van der Waals surface area (Å²) < 4.78 is 3.55. The Hall–Kier alpha value is -2.37. The third-order valence-electron chi connectivity index (χ3n) is 2.70. The maximum absolute atomic E-state index is 5.53. The fourth-order valence-electron chi connectivity index (χ4n) is 1.95. The zero-order chi connectivity index (χ0) is 11.8. The number of benzene rings is 1. The molecule has 3 aromatic rings. The molecule has 0 spiro atoms. The first-order chi connectivity index (χ1) is 8.24. The smallest absolute Gasteiger partial charge is 0.165 e. The predicted octanol–water partition coefficient (Wildman–Crippen LogP) is 0.795. The van der Waals surface area contributed by atoms with Gasteiger partial charge in [0.15, 0.2) is 5.82 Å². The third kappa shape index (κ3) is 1.63. The SMILES string of the molecule is Cn1nc(Cn2cc(N)nn2)c2ccccc21. The lowest BCUT2D eigenvalue weighted by Crippen LogP contribution is -2.02. The van der Waals surface area contributed by atoms with Crippen LogP contribution in [0.1, 0.15) is 5.69 Å². The molecule has 2 N–H and O–H groups in total. The second-order valence-electron chi connectivity index (χ2n) is 3.93. The molecule has 0 radical (unpaired) electrons. The molecule has 0 amide bonds. The van der Waals surface area contributed by atoms with Crippen molar-refractivity contribution < 1.29 is 0 Å². The topological polar surface area (TPSA) is 74.5 Å². The van der Waals surface area contributed by atoms with E-state index < -0.39 is 0 Å². The Bertz CT molecular complexity index is 665. The second-order valence-corrected chi connectivity index (χ2v) is 3.93. The van der Waals surface area contributed by atoms with E-state index in [0.717, 1.165) is 16.6 Å². The third-order valence-corrected chi connectivity index (χ3v) is 2.70. The zero-order valence-electron chi connectivity index (χ0n) is 9.41. The Morgan fingerprint density at radius 1 is 1.29 bits per heavy atom. The number of nitrogens with two attached hydrogens (primary N) is 1. The van der Waals surface area contributed by atoms with Gasteiger partial charge in [-0.15, -0.1) is 5.10 Å². The molecule has 1 aromatic carbocycles. The van der Waals surface area contributed by atoms with Gasteiger partial charge in [0, 0.05) is 12.4 Å². The van der Waals surface area contributed by atoms with Gasteiger partial charge >= 0.3 is 0 Å². The number of fused-ring (bicyclic) bond motifs is 1. The molecule has 2 aromatic heterocycles. The molecule has 86 valence electrons. The van der Waals surface area contributed by atoms with E-state index >= 15 is 0 Å². The molecule has 3 rings (SSSR count). The lowest BCUT2D eigenvalue weighted by atomic mass is 10.2. The molecule has 2 heterocycles. The van der Waals surface area contributed by atoms with Crippen LogP contribution in [0.15, 0.2) is 30.5 Å². The number of hydrogen-bond acceptors (Lipinski definition) is 4. The first kappa shape index (κ1) is 9.83. The highest BCUT2D eigenvalue weighted by atomic mass is 15.4. The maximum Gasteiger partial charge on any atom is 0.165 e. The minimum absolute atomic E-state index is 0.422. The summed E-state index contributed by atoms with van der Waals surface area (Å²) in [4.78, 5) is 0. The lowest BCUT2D eigenvalue weighted by Gasteiger charge is -1.96. The van der Waals surface area contributed by atoms with E-state index in [-0.39, 0.29) is 0 Å². The number of nitrogen functional groups attached to an aromatic ring is 1. The molecular weight excluding hydrogens is 216 g/mol. The van der Waals surface area contributed by atoms with Crippen molar-refractivity contribution >= 4 is 16.7 Å². The first-order valence-corrected chi connectivity index (χ1v) is 5.30. The minimum atomic E-state index is 0.422. The Morgan fingerprint density at radius 3 is 2.88 bits per heavy atom. The van der Waals surface area contributed by atoms with E-state index in [1.54, 1.807) is 10.9 Å². The van der Waals surface area contributed by atoms with Gasteiger partial charge < -0.3 is 5.73 Å². The number of aromatic nitrogens is 5. The maximum atomic E-state index is 5.53. The van der Waals surface area contributed by atoms with Gasteiger partial charge in [-0.05, 0) is 6.07 Å². The number of hydrogen-bond donors (Lipinski definition) is 1. The van der Waals surface area contributed by atoms with E-state index in [1.165, 1.54) is 0 Å². The molecular formula is C11H12N6. The van der Waals surface area contributed by atoms with Crippen molar-refractivity contribution in [2.24, 2.45) is 7.05 Å². The van der Waals surface area contributed by atoms with Crippen molar-refractivity contribution in [3.8, 4) is 0 Å². The van der Waals surface area contributed by atoms with E-state index in [1.807, 2.05) is 29.9 Å². The highest BCUT2D eigenvalue weighted by Gasteiger charge is 2.08. The first-order valence-electron chi connectivity index (χ1n) is 5.30. The van der Waals surface area contributed by atoms with Crippen LogP contribution in [0, 0.1) is 0 Å². The summed E-state index contributed by atoms with van der Waals surface area (Å²) in [5, 5.41) is 13.3. The van der Waals surface area contributed by atoms with Crippen LogP contribution in [0.4, 0.5) is 5.82 Å². The Morgan fingerprint density at radius 2 is 2.12 bits per heavy atom. The summed E-state index contributed by atoms with van der Waals surface area (Å²) in [6.45, 7) is 0.575. The molecule has 0 bridgehead atoms. The molecule has 0 saturated heterocycles. The Kier molecular flexibility index (Phi) is 2.07. The second kappa shape index (κ2) is 3.58. The van der Waals surface area contributed by atoms with Crippen molar-refractivity contribution in [2.45, 2.75) is 6.54 Å². The summed E-state index contributed by atoms with van der Waals surface area (Å²) in [5.74, 6) is 0.422. The van der Waals surface area contributed by atoms with E-state index in [4.69, 9.17) is 5.73 Å². The van der Waals surface area contributed by atoms with Crippen LogP contribution in [0.2, 0.25) is 0 Å². The Balaban J connectivity index is 2.06. The van der Waals surface area contributed by atoms with Crippen LogP contribution in [0.25, 0.3) is 10.9 Å². The quantitative estimate of drug-likeness (QED) is 0.703. The van der Waals surface area contributed by atoms with Gasteiger partial charge in [0.05, 0.1) is 24.0 Å². The molecule has 6 nitrogen and oxygen atoms in total. The molecule has 0 aliphatic rings. The van der Waals surface area contributed by atoms with Crippen molar-refractivity contribution in [3.63, 3.8) is 0 Å². The van der Waals surface area contributed by atoms with Crippen molar-refractivity contribution in [1.82, 2.24) is 24.8 Å². The van der Waals surface area contributed by atoms with E-state index in [0.29, 0.717) is 12.4 Å². The molecule has 0 saturated carbocycles. The van der Waals surface area contributed by atoms with Crippen molar-refractivity contribution in [1.29, 1.82) is 0 Å². The van der Waals surface area contributed by atoms with Gasteiger partial charge in [0.25, 0.3) is 0 Å². The van der Waals surface area contributed by atoms with Gasteiger partial charge in [0.1, 0.15) is 0 Å². The molecule has 0 unspecified atom stereocenters. The molecule has 0 fully saturated rings. The lowest BCUT2D eigenvalue weighted by molar-refractivity contribution is 0.628. The van der Waals surface area contributed by atoms with E-state index in [2.05, 4.69) is 21.5 Å². The predicted molar refractivity (Wildman–Crippen MR) is 64.3 cm³/mol. The fourth-order valence-corrected chi connectivity index (χ4v) is 1.95. The zero-order valence-corrected chi connectivity index (χ0v) is 9.41. The van der Waals surface area contributed by atoms with Crippen LogP contribution < -0.4 is 5.73 Å². The van der Waals surface area contributed by atoms with Crippen LogP contribution in [-0.4, -0.2) is 24.8 Å². The van der Waals surface area contributed by atoms with Gasteiger partial charge in [-0.25, -0.2) is 4.68 Å². The van der Waals surface area contributed by atoms with E-state index in [9.17, 15) is 0 Å². The number of rotatable bonds is 2. The van der Waals surface area contributed by atoms with Crippen LogP contribution in [-0.2, 0) is 13.6 Å². The summed E-state index contributed by atoms with van der Waals surface area (Å²) in [5.41, 5.74) is 7.60. The number of para-hydroxylation sites is 1. The molecule has 17 heavy (non-hydrogen) atoms. The monoisotopic (exact) mass is 228 g/mol. The van der Waals surface area contributed by atoms with Crippen LogP contribution in [0.5, 0.6) is 0 Å². The highest BCUT2D eigenvalue weighted by molar-refractivity contribution is 5.81. The van der Waals surface area contributed by atoms with Crippen molar-refractivity contribution in [2.75, 3.05) is 5.73 Å².